The number of nitrogens with one attached hydrogen (secondary N) is 1. The van der Waals surface area contributed by atoms with Gasteiger partial charge in [0.25, 0.3) is 5.56 Å². The van der Waals surface area contributed by atoms with Gasteiger partial charge in [0, 0.05) is 22.8 Å². The normalized spacial score (nSPS) is 12.4. The molecule has 3 heterocycles. The molecule has 1 atom stereocenters. The molecule has 0 bridgehead atoms. The van der Waals surface area contributed by atoms with Crippen LogP contribution in [0.25, 0.3) is 17.0 Å². The van der Waals surface area contributed by atoms with Gasteiger partial charge in [-0.05, 0) is 55.0 Å². The first-order valence-electron chi connectivity index (χ1n) is 9.13. The fourth-order valence-electron chi connectivity index (χ4n) is 3.26. The van der Waals surface area contributed by atoms with Gasteiger partial charge in [-0.25, -0.2) is 4.98 Å². The van der Waals surface area contributed by atoms with E-state index in [-0.39, 0.29) is 5.56 Å². The van der Waals surface area contributed by atoms with Crippen molar-refractivity contribution in [1.82, 2.24) is 9.38 Å². The largest absolute Gasteiger partial charge is 0.455 e. The van der Waals surface area contributed by atoms with Gasteiger partial charge in [0.2, 0.25) is 0 Å². The summed E-state index contributed by atoms with van der Waals surface area (Å²) >= 11 is 5.94. The highest BCUT2D eigenvalue weighted by molar-refractivity contribution is 6.30. The van der Waals surface area contributed by atoms with E-state index in [4.69, 9.17) is 16.0 Å². The van der Waals surface area contributed by atoms with E-state index in [1.54, 1.807) is 10.5 Å². The van der Waals surface area contributed by atoms with Gasteiger partial charge >= 0.3 is 0 Å². The van der Waals surface area contributed by atoms with Crippen LogP contribution in [0.2, 0.25) is 5.02 Å². The Labute approximate surface area is 167 Å². The number of hydrogen-bond acceptors (Lipinski definition) is 3. The Morgan fingerprint density at radius 3 is 2.64 bits per heavy atom. The van der Waals surface area contributed by atoms with E-state index in [2.05, 4.69) is 12.0 Å². The molecule has 6 heteroatoms. The molecule has 0 amide bonds. The van der Waals surface area contributed by atoms with Crippen molar-refractivity contribution in [3.8, 4) is 11.3 Å². The molecule has 1 unspecified atom stereocenters. The minimum Gasteiger partial charge on any atom is -0.455 e. The Hall–Kier alpha value is -2.89. The maximum absolute atomic E-state index is 12.4. The number of aryl methyl sites for hydroxylation is 1. The minimum atomic E-state index is -0.0560. The van der Waals surface area contributed by atoms with Crippen LogP contribution < -0.4 is 10.5 Å². The maximum Gasteiger partial charge on any atom is 0.258 e. The predicted octanol–water partition coefficient (Wildman–Crippen LogP) is 3.13. The lowest BCUT2D eigenvalue weighted by molar-refractivity contribution is -0.909. The average molecular weight is 395 g/mol. The van der Waals surface area contributed by atoms with Crippen molar-refractivity contribution in [1.29, 1.82) is 0 Å². The first-order valence-corrected chi connectivity index (χ1v) is 9.50. The second-order valence-corrected chi connectivity index (χ2v) is 7.54. The standard InChI is InChI=1S/C22H20ClN3O2/c1-15-3-10-21-24-18(11-22(27)26(21)12-15)13-25(2)14-19-8-9-20(28-19)16-4-6-17(23)7-5-16/h3-12H,13-14H2,1-2H3/p+1. The van der Waals surface area contributed by atoms with E-state index in [1.807, 2.05) is 61.7 Å². The summed E-state index contributed by atoms with van der Waals surface area (Å²) in [4.78, 5) is 18.2. The highest BCUT2D eigenvalue weighted by Crippen LogP contribution is 2.23. The van der Waals surface area contributed by atoms with Crippen LogP contribution in [0.15, 0.2) is 70.0 Å². The van der Waals surface area contributed by atoms with Crippen LogP contribution in [-0.4, -0.2) is 16.4 Å². The van der Waals surface area contributed by atoms with E-state index in [0.717, 1.165) is 28.3 Å². The van der Waals surface area contributed by atoms with Gasteiger partial charge in [-0.3, -0.25) is 9.20 Å². The molecule has 3 aromatic heterocycles. The summed E-state index contributed by atoms with van der Waals surface area (Å²) in [7, 11) is 2.06. The fraction of sp³-hybridized carbons (Fsp3) is 0.182. The highest BCUT2D eigenvalue weighted by Gasteiger charge is 2.12. The summed E-state index contributed by atoms with van der Waals surface area (Å²) in [5.41, 5.74) is 3.41. The van der Waals surface area contributed by atoms with Crippen molar-refractivity contribution in [2.75, 3.05) is 7.05 Å². The summed E-state index contributed by atoms with van der Waals surface area (Å²) < 4.78 is 7.56. The Balaban J connectivity index is 1.48. The van der Waals surface area contributed by atoms with Gasteiger partial charge in [-0.2, -0.15) is 0 Å². The summed E-state index contributed by atoms with van der Waals surface area (Å²) in [6.07, 6.45) is 1.81. The van der Waals surface area contributed by atoms with Crippen LogP contribution in [0.4, 0.5) is 0 Å². The van der Waals surface area contributed by atoms with Crippen molar-refractivity contribution in [2.24, 2.45) is 0 Å². The molecule has 0 aliphatic heterocycles. The smallest absolute Gasteiger partial charge is 0.258 e. The molecular weight excluding hydrogens is 374 g/mol. The molecular formula is C22H21ClN3O2+. The van der Waals surface area contributed by atoms with Gasteiger partial charge in [0.05, 0.1) is 7.05 Å². The lowest BCUT2D eigenvalue weighted by Crippen LogP contribution is -3.06. The van der Waals surface area contributed by atoms with Crippen molar-refractivity contribution in [3.05, 3.63) is 93.2 Å². The van der Waals surface area contributed by atoms with Gasteiger partial charge < -0.3 is 9.32 Å². The molecule has 1 aromatic carbocycles. The quantitative estimate of drug-likeness (QED) is 0.565. The average Bonchev–Trinajstić information content (AvgIpc) is 3.11. The van der Waals surface area contributed by atoms with Gasteiger partial charge in [0.1, 0.15) is 30.2 Å². The molecule has 0 spiro atoms. The van der Waals surface area contributed by atoms with E-state index in [9.17, 15) is 4.79 Å². The molecule has 28 heavy (non-hydrogen) atoms. The van der Waals surface area contributed by atoms with Crippen molar-refractivity contribution >= 4 is 17.2 Å². The topological polar surface area (TPSA) is 52.0 Å². The summed E-state index contributed by atoms with van der Waals surface area (Å²) in [5.74, 6) is 1.70. The molecule has 0 aliphatic carbocycles. The maximum atomic E-state index is 12.4. The van der Waals surface area contributed by atoms with Gasteiger partial charge in [0.15, 0.2) is 5.76 Å². The monoisotopic (exact) mass is 394 g/mol. The fourth-order valence-corrected chi connectivity index (χ4v) is 3.39. The second-order valence-electron chi connectivity index (χ2n) is 7.10. The lowest BCUT2D eigenvalue weighted by Gasteiger charge is -2.12. The zero-order valence-corrected chi connectivity index (χ0v) is 16.5. The molecule has 0 saturated heterocycles. The number of quaternary nitrogens is 1. The third-order valence-corrected chi connectivity index (χ3v) is 4.86. The lowest BCUT2D eigenvalue weighted by atomic mass is 10.2. The van der Waals surface area contributed by atoms with Crippen molar-refractivity contribution < 1.29 is 9.32 Å². The molecule has 1 N–H and O–H groups in total. The van der Waals surface area contributed by atoms with Crippen molar-refractivity contribution in [2.45, 2.75) is 20.0 Å². The number of fused-ring (bicyclic) bond motifs is 1. The van der Waals surface area contributed by atoms with Crippen molar-refractivity contribution in [3.63, 3.8) is 0 Å². The number of hydrogen-bond donors (Lipinski definition) is 1. The van der Waals surface area contributed by atoms with Crippen LogP contribution >= 0.6 is 11.6 Å². The molecule has 0 radical (unpaired) electrons. The number of rotatable bonds is 5. The van der Waals surface area contributed by atoms with Crippen LogP contribution in [0.1, 0.15) is 17.0 Å². The van der Waals surface area contributed by atoms with E-state index in [0.29, 0.717) is 23.8 Å². The molecule has 142 valence electrons. The van der Waals surface area contributed by atoms with E-state index >= 15 is 0 Å². The first-order chi connectivity index (χ1) is 13.5. The number of benzene rings is 1. The SMILES string of the molecule is Cc1ccc2nc(C[NH+](C)Cc3ccc(-c4ccc(Cl)cc4)o3)cc(=O)n2c1. The third-order valence-electron chi connectivity index (χ3n) is 4.61. The predicted molar refractivity (Wildman–Crippen MR) is 110 cm³/mol. The van der Waals surface area contributed by atoms with E-state index in [1.165, 1.54) is 4.90 Å². The number of pyridine rings is 1. The van der Waals surface area contributed by atoms with Gasteiger partial charge in [-0.1, -0.05) is 17.7 Å². The first kappa shape index (κ1) is 18.5. The Kier molecular flexibility index (Phi) is 5.03. The van der Waals surface area contributed by atoms with Crippen LogP contribution in [-0.2, 0) is 13.1 Å². The molecule has 5 nitrogen and oxygen atoms in total. The zero-order chi connectivity index (χ0) is 19.7. The molecule has 0 saturated carbocycles. The number of nitrogens with zero attached hydrogens (tertiary/aromatic N) is 2. The Morgan fingerprint density at radius 1 is 1.07 bits per heavy atom. The van der Waals surface area contributed by atoms with Crippen LogP contribution in [0, 0.1) is 6.92 Å². The van der Waals surface area contributed by atoms with Crippen LogP contribution in [0.5, 0.6) is 0 Å². The molecule has 4 aromatic rings. The number of halogens is 1. The summed E-state index contributed by atoms with van der Waals surface area (Å²) in [6, 6.07) is 17.0. The molecule has 0 fully saturated rings. The third kappa shape index (κ3) is 4.01. The molecule has 4 rings (SSSR count). The number of furan rings is 1. The Morgan fingerprint density at radius 2 is 1.86 bits per heavy atom. The Bertz CT molecular complexity index is 1180. The second kappa shape index (κ2) is 7.62. The van der Waals surface area contributed by atoms with E-state index < -0.39 is 0 Å². The zero-order valence-electron chi connectivity index (χ0n) is 15.8. The summed E-state index contributed by atoms with van der Waals surface area (Å²) in [6.45, 7) is 3.29. The number of aromatic nitrogens is 2. The summed E-state index contributed by atoms with van der Waals surface area (Å²) in [5, 5.41) is 0.702. The highest BCUT2D eigenvalue weighted by atomic mass is 35.5. The van der Waals surface area contributed by atoms with Crippen LogP contribution in [0.3, 0.4) is 0 Å². The molecule has 0 aliphatic rings. The minimum absolute atomic E-state index is 0.0560. The van der Waals surface area contributed by atoms with Gasteiger partial charge in [-0.15, -0.1) is 0 Å².